The third kappa shape index (κ3) is 3.72. The smallest absolute Gasteiger partial charge is 0.225 e. The maximum absolute atomic E-state index is 13.2. The van der Waals surface area contributed by atoms with Crippen LogP contribution in [0.2, 0.25) is 0 Å². The van der Waals surface area contributed by atoms with Crippen molar-refractivity contribution in [2.24, 2.45) is 0 Å². The van der Waals surface area contributed by atoms with Crippen LogP contribution in [0.3, 0.4) is 0 Å². The van der Waals surface area contributed by atoms with Crippen LogP contribution in [0.5, 0.6) is 5.75 Å². The number of amides is 1. The van der Waals surface area contributed by atoms with Crippen LogP contribution < -0.4 is 10.1 Å². The summed E-state index contributed by atoms with van der Waals surface area (Å²) >= 11 is 1.34. The minimum Gasteiger partial charge on any atom is -0.481 e. The number of nitrogens with one attached hydrogen (secondary N) is 1. The van der Waals surface area contributed by atoms with Crippen molar-refractivity contribution >= 4 is 32.8 Å². The molecule has 0 saturated carbocycles. The molecule has 152 valence electrons. The number of benzene rings is 2. The highest BCUT2D eigenvalue weighted by Gasteiger charge is 2.34. The number of aryl methyl sites for hydroxylation is 1. The van der Waals surface area contributed by atoms with Gasteiger partial charge in [-0.25, -0.2) is 8.42 Å². The predicted molar refractivity (Wildman–Crippen MR) is 117 cm³/mol. The van der Waals surface area contributed by atoms with Gasteiger partial charge in [0.15, 0.2) is 0 Å². The molecule has 7 heteroatoms. The van der Waals surface area contributed by atoms with Gasteiger partial charge in [-0.2, -0.15) is 0 Å². The summed E-state index contributed by atoms with van der Waals surface area (Å²) in [5.41, 5.74) is 2.22. The molecular weight excluding hydrogens is 418 g/mol. The highest BCUT2D eigenvalue weighted by molar-refractivity contribution is 7.91. The average Bonchev–Trinajstić information content (AvgIpc) is 3.16. The van der Waals surface area contributed by atoms with E-state index in [2.05, 4.69) is 11.2 Å². The molecule has 1 aliphatic heterocycles. The fourth-order valence-electron chi connectivity index (χ4n) is 3.46. The molecule has 1 amide bonds. The Labute approximate surface area is 179 Å². The standard InChI is InChI=1S/C23H19NO4S2/c1-3-11-28-17-6-4-5-16(12-17)19-13-21(25)24-22-20(14-29-23(19)22)30(26,27)18-9-7-15(2)8-10-18/h1,4-10,12,14,19H,11,13H2,2H3,(H,24,25). The molecule has 0 fully saturated rings. The molecule has 1 aromatic heterocycles. The Bertz CT molecular complexity index is 1250. The summed E-state index contributed by atoms with van der Waals surface area (Å²) in [6, 6.07) is 14.1. The van der Waals surface area contributed by atoms with Crippen LogP contribution in [0.1, 0.15) is 28.3 Å². The van der Waals surface area contributed by atoms with Crippen LogP contribution >= 0.6 is 11.3 Å². The van der Waals surface area contributed by atoms with E-state index in [1.54, 1.807) is 35.7 Å². The Hall–Kier alpha value is -3.08. The summed E-state index contributed by atoms with van der Waals surface area (Å²) in [5, 5.41) is 4.39. The summed E-state index contributed by atoms with van der Waals surface area (Å²) in [5.74, 6) is 2.56. The first kappa shape index (κ1) is 20.2. The van der Waals surface area contributed by atoms with Gasteiger partial charge in [0.1, 0.15) is 17.3 Å². The summed E-state index contributed by atoms with van der Waals surface area (Å²) < 4.78 is 31.9. The molecular formula is C23H19NO4S2. The van der Waals surface area contributed by atoms with Crippen molar-refractivity contribution in [3.05, 3.63) is 69.9 Å². The number of terminal acetylenes is 1. The van der Waals surface area contributed by atoms with Crippen molar-refractivity contribution in [1.82, 2.24) is 0 Å². The normalized spacial score (nSPS) is 15.7. The third-order valence-electron chi connectivity index (χ3n) is 4.96. The number of thiophene rings is 1. The van der Waals surface area contributed by atoms with E-state index in [0.29, 0.717) is 11.4 Å². The van der Waals surface area contributed by atoms with Crippen LogP contribution in [-0.2, 0) is 14.6 Å². The highest BCUT2D eigenvalue weighted by Crippen LogP contribution is 2.46. The first-order chi connectivity index (χ1) is 14.4. The van der Waals surface area contributed by atoms with E-state index in [1.807, 2.05) is 25.1 Å². The van der Waals surface area contributed by atoms with Gasteiger partial charge in [-0.15, -0.1) is 17.8 Å². The zero-order valence-electron chi connectivity index (χ0n) is 16.2. The topological polar surface area (TPSA) is 72.5 Å². The molecule has 1 unspecified atom stereocenters. The van der Waals surface area contributed by atoms with Crippen LogP contribution in [0.15, 0.2) is 63.7 Å². The van der Waals surface area contributed by atoms with Crippen molar-refractivity contribution in [3.63, 3.8) is 0 Å². The van der Waals surface area contributed by atoms with E-state index in [9.17, 15) is 13.2 Å². The zero-order valence-corrected chi connectivity index (χ0v) is 17.8. The van der Waals surface area contributed by atoms with Crippen LogP contribution in [0.25, 0.3) is 0 Å². The van der Waals surface area contributed by atoms with Gasteiger partial charge in [-0.3, -0.25) is 4.79 Å². The Morgan fingerprint density at radius 1 is 1.23 bits per heavy atom. The van der Waals surface area contributed by atoms with Crippen LogP contribution in [-0.4, -0.2) is 20.9 Å². The number of carbonyl (C=O) groups is 1. The van der Waals surface area contributed by atoms with E-state index in [4.69, 9.17) is 11.2 Å². The molecule has 2 heterocycles. The van der Waals surface area contributed by atoms with Gasteiger partial charge in [0.2, 0.25) is 15.7 Å². The van der Waals surface area contributed by atoms with E-state index in [-0.39, 0.29) is 34.6 Å². The number of hydrogen-bond acceptors (Lipinski definition) is 5. The summed E-state index contributed by atoms with van der Waals surface area (Å²) in [6.45, 7) is 2.05. The molecule has 4 rings (SSSR count). The highest BCUT2D eigenvalue weighted by atomic mass is 32.2. The van der Waals surface area contributed by atoms with E-state index < -0.39 is 9.84 Å². The SMILES string of the molecule is C#CCOc1cccc(C2CC(=O)Nc3c(S(=O)(=O)c4ccc(C)cc4)csc32)c1. The molecule has 0 saturated heterocycles. The van der Waals surface area contributed by atoms with E-state index in [0.717, 1.165) is 16.0 Å². The van der Waals surface area contributed by atoms with Gasteiger partial charge in [0.05, 0.1) is 10.6 Å². The number of rotatable bonds is 5. The molecule has 0 radical (unpaired) electrons. The van der Waals surface area contributed by atoms with Crippen molar-refractivity contribution < 1.29 is 17.9 Å². The number of sulfone groups is 1. The van der Waals surface area contributed by atoms with Crippen molar-refractivity contribution in [2.75, 3.05) is 11.9 Å². The second kappa shape index (κ2) is 7.98. The number of anilines is 1. The fourth-order valence-corrected chi connectivity index (χ4v) is 6.37. The minimum atomic E-state index is -3.75. The second-order valence-electron chi connectivity index (χ2n) is 7.03. The largest absolute Gasteiger partial charge is 0.481 e. The van der Waals surface area contributed by atoms with Crippen LogP contribution in [0, 0.1) is 19.3 Å². The van der Waals surface area contributed by atoms with Gasteiger partial charge >= 0.3 is 0 Å². The van der Waals surface area contributed by atoms with Crippen molar-refractivity contribution in [3.8, 4) is 18.1 Å². The molecule has 0 spiro atoms. The maximum atomic E-state index is 13.2. The first-order valence-corrected chi connectivity index (χ1v) is 11.7. The zero-order chi connectivity index (χ0) is 21.3. The molecule has 0 aliphatic carbocycles. The summed E-state index contributed by atoms with van der Waals surface area (Å²) in [7, 11) is -3.75. The molecule has 1 aliphatic rings. The minimum absolute atomic E-state index is 0.129. The fraction of sp³-hybridized carbons (Fsp3) is 0.174. The molecule has 0 bridgehead atoms. The van der Waals surface area contributed by atoms with E-state index >= 15 is 0 Å². The van der Waals surface area contributed by atoms with Gasteiger partial charge in [-0.05, 0) is 36.8 Å². The van der Waals surface area contributed by atoms with Gasteiger partial charge < -0.3 is 10.1 Å². The predicted octanol–water partition coefficient (Wildman–Crippen LogP) is 4.38. The number of ether oxygens (including phenoxy) is 1. The Kier molecular flexibility index (Phi) is 5.37. The lowest BCUT2D eigenvalue weighted by Gasteiger charge is -2.24. The summed E-state index contributed by atoms with van der Waals surface area (Å²) in [4.78, 5) is 13.6. The van der Waals surface area contributed by atoms with Crippen molar-refractivity contribution in [2.45, 2.75) is 29.1 Å². The lowest BCUT2D eigenvalue weighted by molar-refractivity contribution is -0.116. The van der Waals surface area contributed by atoms with E-state index in [1.165, 1.54) is 11.3 Å². The molecule has 30 heavy (non-hydrogen) atoms. The Morgan fingerprint density at radius 3 is 2.73 bits per heavy atom. The second-order valence-corrected chi connectivity index (χ2v) is 9.86. The average molecular weight is 438 g/mol. The lowest BCUT2D eigenvalue weighted by atomic mass is 9.90. The molecule has 5 nitrogen and oxygen atoms in total. The van der Waals surface area contributed by atoms with Gasteiger partial charge in [-0.1, -0.05) is 35.7 Å². The Balaban J connectivity index is 1.76. The number of carbonyl (C=O) groups excluding carboxylic acids is 1. The van der Waals surface area contributed by atoms with Gasteiger partial charge in [0, 0.05) is 22.6 Å². The van der Waals surface area contributed by atoms with Crippen molar-refractivity contribution in [1.29, 1.82) is 0 Å². The molecule has 3 aromatic rings. The maximum Gasteiger partial charge on any atom is 0.225 e. The number of hydrogen-bond donors (Lipinski definition) is 1. The van der Waals surface area contributed by atoms with Gasteiger partial charge in [0.25, 0.3) is 0 Å². The molecule has 2 aromatic carbocycles. The molecule has 1 N–H and O–H groups in total. The Morgan fingerprint density at radius 2 is 2.00 bits per heavy atom. The third-order valence-corrected chi connectivity index (χ3v) is 8.00. The lowest BCUT2D eigenvalue weighted by Crippen LogP contribution is -2.23. The monoisotopic (exact) mass is 437 g/mol. The molecule has 1 atom stereocenters. The summed E-state index contributed by atoms with van der Waals surface area (Å²) in [6.07, 6.45) is 5.49. The first-order valence-electron chi connectivity index (χ1n) is 9.29. The number of fused-ring (bicyclic) bond motifs is 1. The van der Waals surface area contributed by atoms with Crippen LogP contribution in [0.4, 0.5) is 5.69 Å². The quantitative estimate of drug-likeness (QED) is 0.602.